The first kappa shape index (κ1) is 16.9. The van der Waals surface area contributed by atoms with Gasteiger partial charge in [-0.1, -0.05) is 0 Å². The highest BCUT2D eigenvalue weighted by Crippen LogP contribution is 2.19. The van der Waals surface area contributed by atoms with E-state index in [-0.39, 0.29) is 17.2 Å². The third kappa shape index (κ3) is 3.45. The number of aromatic nitrogens is 2. The maximum absolute atomic E-state index is 12.4. The molecule has 0 saturated carbocycles. The number of thiophene rings is 1. The van der Waals surface area contributed by atoms with Gasteiger partial charge in [0.15, 0.2) is 5.78 Å². The van der Waals surface area contributed by atoms with Crippen molar-refractivity contribution in [1.82, 2.24) is 14.5 Å². The zero-order chi connectivity index (χ0) is 16.5. The van der Waals surface area contributed by atoms with Crippen LogP contribution in [0.3, 0.4) is 0 Å². The van der Waals surface area contributed by atoms with Gasteiger partial charge in [0.2, 0.25) is 10.0 Å². The molecule has 0 atom stereocenters. The third-order valence-corrected chi connectivity index (χ3v) is 6.34. The largest absolute Gasteiger partial charge is 0.294 e. The van der Waals surface area contributed by atoms with Crippen LogP contribution in [0.2, 0.25) is 0 Å². The summed E-state index contributed by atoms with van der Waals surface area (Å²) in [4.78, 5) is 13.2. The van der Waals surface area contributed by atoms with Crippen LogP contribution in [0.5, 0.6) is 0 Å². The number of ketones is 1. The number of carbonyl (C=O) groups excluding carboxylic acids is 1. The molecule has 0 bridgehead atoms. The number of nitrogens with zero attached hydrogens (tertiary/aromatic N) is 2. The topological polar surface area (TPSA) is 81.1 Å². The Balaban J connectivity index is 2.05. The highest BCUT2D eigenvalue weighted by molar-refractivity contribution is 7.89. The molecule has 6 nitrogen and oxygen atoms in total. The molecule has 0 spiro atoms. The lowest BCUT2D eigenvalue weighted by Gasteiger charge is -2.06. The molecule has 0 amide bonds. The van der Waals surface area contributed by atoms with E-state index in [9.17, 15) is 13.2 Å². The summed E-state index contributed by atoms with van der Waals surface area (Å²) in [5, 5.41) is 4.13. The van der Waals surface area contributed by atoms with Crippen LogP contribution in [0, 0.1) is 13.8 Å². The Morgan fingerprint density at radius 3 is 2.55 bits per heavy atom. The predicted octanol–water partition coefficient (Wildman–Crippen LogP) is 1.82. The molecule has 1 N–H and O–H groups in total. The van der Waals surface area contributed by atoms with Gasteiger partial charge < -0.3 is 0 Å². The van der Waals surface area contributed by atoms with Crippen LogP contribution in [0.4, 0.5) is 0 Å². The summed E-state index contributed by atoms with van der Waals surface area (Å²) >= 11 is 1.40. The zero-order valence-electron chi connectivity index (χ0n) is 13.0. The maximum Gasteiger partial charge on any atom is 0.244 e. The smallest absolute Gasteiger partial charge is 0.244 e. The Hall–Kier alpha value is -1.51. The van der Waals surface area contributed by atoms with Crippen molar-refractivity contribution in [2.75, 3.05) is 6.54 Å². The Morgan fingerprint density at radius 2 is 2.05 bits per heavy atom. The summed E-state index contributed by atoms with van der Waals surface area (Å²) in [5.41, 5.74) is 1.10. The van der Waals surface area contributed by atoms with Crippen LogP contribution in [-0.2, 0) is 23.5 Å². The zero-order valence-corrected chi connectivity index (χ0v) is 14.6. The molecule has 0 radical (unpaired) electrons. The van der Waals surface area contributed by atoms with Crippen molar-refractivity contribution in [2.24, 2.45) is 7.05 Å². The predicted molar refractivity (Wildman–Crippen MR) is 85.9 cm³/mol. The van der Waals surface area contributed by atoms with Crippen LogP contribution < -0.4 is 4.72 Å². The summed E-state index contributed by atoms with van der Waals surface area (Å²) in [7, 11) is -1.86. The first-order chi connectivity index (χ1) is 10.2. The second kappa shape index (κ2) is 6.31. The molecule has 0 aliphatic carbocycles. The van der Waals surface area contributed by atoms with E-state index in [1.807, 2.05) is 6.07 Å². The van der Waals surface area contributed by atoms with Crippen LogP contribution in [-0.4, -0.2) is 30.5 Å². The van der Waals surface area contributed by atoms with Crippen molar-refractivity contribution in [3.8, 4) is 0 Å². The summed E-state index contributed by atoms with van der Waals surface area (Å²) in [5.74, 6) is 0.0263. The SMILES string of the molecule is CC(=O)c1ccc(CCNS(=O)(=O)c2c(C)nn(C)c2C)s1. The Morgan fingerprint density at radius 1 is 1.36 bits per heavy atom. The van der Waals surface area contributed by atoms with Crippen molar-refractivity contribution in [1.29, 1.82) is 0 Å². The van der Waals surface area contributed by atoms with Gasteiger partial charge in [-0.05, 0) is 39.3 Å². The van der Waals surface area contributed by atoms with Crippen molar-refractivity contribution < 1.29 is 13.2 Å². The standard InChI is InChI=1S/C14H19N3O3S2/c1-9-14(10(2)17(4)16-9)22(19,20)15-8-7-12-5-6-13(21-12)11(3)18/h5-6,15H,7-8H2,1-4H3. The quantitative estimate of drug-likeness (QED) is 0.813. The minimum atomic E-state index is -3.58. The first-order valence-electron chi connectivity index (χ1n) is 6.82. The fraction of sp³-hybridized carbons (Fsp3) is 0.429. The van der Waals surface area contributed by atoms with Crippen LogP contribution in [0.1, 0.15) is 32.9 Å². The molecule has 2 aromatic rings. The molecule has 22 heavy (non-hydrogen) atoms. The number of rotatable bonds is 6. The van der Waals surface area contributed by atoms with Gasteiger partial charge in [0, 0.05) is 18.5 Å². The van der Waals surface area contributed by atoms with E-state index in [0.717, 1.165) is 4.88 Å². The van der Waals surface area contributed by atoms with Crippen LogP contribution >= 0.6 is 11.3 Å². The molecule has 120 valence electrons. The molecule has 2 aromatic heterocycles. The van der Waals surface area contributed by atoms with Gasteiger partial charge in [-0.25, -0.2) is 13.1 Å². The third-order valence-electron chi connectivity index (χ3n) is 3.38. The summed E-state index contributed by atoms with van der Waals surface area (Å²) in [6.45, 7) is 5.22. The molecule has 8 heteroatoms. The average Bonchev–Trinajstić information content (AvgIpc) is 2.95. The van der Waals surface area contributed by atoms with E-state index in [2.05, 4.69) is 9.82 Å². The molecular weight excluding hydrogens is 322 g/mol. The Kier molecular flexibility index (Phi) is 4.84. The van der Waals surface area contributed by atoms with E-state index in [1.165, 1.54) is 18.3 Å². The fourth-order valence-corrected chi connectivity index (χ4v) is 4.59. The summed E-state index contributed by atoms with van der Waals surface area (Å²) in [6.07, 6.45) is 0.551. The molecule has 0 fully saturated rings. The Labute approximate surface area is 134 Å². The highest BCUT2D eigenvalue weighted by Gasteiger charge is 2.23. The van der Waals surface area contributed by atoms with Crippen molar-refractivity contribution >= 4 is 27.1 Å². The lowest BCUT2D eigenvalue weighted by molar-refractivity contribution is 0.102. The first-order valence-corrected chi connectivity index (χ1v) is 9.12. The average molecular weight is 341 g/mol. The number of carbonyl (C=O) groups is 1. The van der Waals surface area contributed by atoms with Gasteiger partial charge in [0.1, 0.15) is 4.90 Å². The van der Waals surface area contributed by atoms with Crippen molar-refractivity contribution in [3.63, 3.8) is 0 Å². The molecule has 2 heterocycles. The highest BCUT2D eigenvalue weighted by atomic mass is 32.2. The summed E-state index contributed by atoms with van der Waals surface area (Å²) < 4.78 is 28.9. The van der Waals surface area contributed by atoms with Crippen LogP contribution in [0.15, 0.2) is 17.0 Å². The Bertz CT molecular complexity index is 803. The number of hydrogen-bond acceptors (Lipinski definition) is 5. The van der Waals surface area contributed by atoms with Crippen LogP contribution in [0.25, 0.3) is 0 Å². The van der Waals surface area contributed by atoms with E-state index in [1.54, 1.807) is 31.6 Å². The van der Waals surface area contributed by atoms with Gasteiger partial charge in [-0.15, -0.1) is 11.3 Å². The van der Waals surface area contributed by atoms with Gasteiger partial charge in [-0.2, -0.15) is 5.10 Å². The van der Waals surface area contributed by atoms with E-state index >= 15 is 0 Å². The monoisotopic (exact) mass is 341 g/mol. The maximum atomic E-state index is 12.4. The van der Waals surface area contributed by atoms with Gasteiger partial charge in [0.25, 0.3) is 0 Å². The number of aryl methyl sites for hydroxylation is 2. The molecule has 2 rings (SSSR count). The minimum Gasteiger partial charge on any atom is -0.294 e. The second-order valence-corrected chi connectivity index (χ2v) is 7.97. The number of hydrogen-bond donors (Lipinski definition) is 1. The normalized spacial score (nSPS) is 11.8. The number of Topliss-reactive ketones (excluding diaryl/α,β-unsaturated/α-hetero) is 1. The van der Waals surface area contributed by atoms with E-state index < -0.39 is 10.0 Å². The lowest BCUT2D eigenvalue weighted by atomic mass is 10.3. The van der Waals surface area contributed by atoms with Gasteiger partial charge in [0.05, 0.1) is 16.3 Å². The van der Waals surface area contributed by atoms with Crippen molar-refractivity contribution in [3.05, 3.63) is 33.3 Å². The lowest BCUT2D eigenvalue weighted by Crippen LogP contribution is -2.26. The number of nitrogens with one attached hydrogen (secondary N) is 1. The van der Waals surface area contributed by atoms with Gasteiger partial charge >= 0.3 is 0 Å². The molecule has 0 saturated heterocycles. The van der Waals surface area contributed by atoms with Crippen molar-refractivity contribution in [2.45, 2.75) is 32.1 Å². The van der Waals surface area contributed by atoms with E-state index in [0.29, 0.717) is 22.7 Å². The summed E-state index contributed by atoms with van der Waals surface area (Å²) in [6, 6.07) is 3.63. The molecule has 0 aromatic carbocycles. The molecule has 0 aliphatic heterocycles. The van der Waals surface area contributed by atoms with Gasteiger partial charge in [-0.3, -0.25) is 9.48 Å². The number of sulfonamides is 1. The molecule has 0 aliphatic rings. The molecular formula is C14H19N3O3S2. The van der Waals surface area contributed by atoms with E-state index in [4.69, 9.17) is 0 Å². The second-order valence-electron chi connectivity index (χ2n) is 5.09. The molecule has 0 unspecified atom stereocenters. The minimum absolute atomic E-state index is 0.0263. The fourth-order valence-electron chi connectivity index (χ4n) is 2.23.